The van der Waals surface area contributed by atoms with Gasteiger partial charge in [-0.15, -0.1) is 0 Å². The average Bonchev–Trinajstić information content (AvgIpc) is 2.58. The van der Waals surface area contributed by atoms with Crippen molar-refractivity contribution in [3.63, 3.8) is 0 Å². The highest BCUT2D eigenvalue weighted by Crippen LogP contribution is 2.14. The summed E-state index contributed by atoms with van der Waals surface area (Å²) in [7, 11) is 0. The minimum atomic E-state index is -0.351. The van der Waals surface area contributed by atoms with Crippen LogP contribution in [0.5, 0.6) is 0 Å². The monoisotopic (exact) mass is 345 g/mol. The summed E-state index contributed by atoms with van der Waals surface area (Å²) in [6, 6.07) is 14.1. The molecule has 2 aromatic carbocycles. The number of carbonyl (C=O) groups excluding carboxylic acids is 2. The molecule has 0 aromatic heterocycles. The number of esters is 1. The number of aryl methyl sites for hydroxylation is 1. The molecule has 0 radical (unpaired) electrons. The van der Waals surface area contributed by atoms with Gasteiger partial charge < -0.3 is 10.1 Å². The molecule has 0 heterocycles. The first-order chi connectivity index (χ1) is 11.6. The van der Waals surface area contributed by atoms with E-state index in [-0.39, 0.29) is 11.9 Å². The Balaban J connectivity index is 1.84. The second-order valence-electron chi connectivity index (χ2n) is 5.39. The van der Waals surface area contributed by atoms with E-state index in [1.807, 2.05) is 25.1 Å². The summed E-state index contributed by atoms with van der Waals surface area (Å²) in [6.07, 6.45) is 1.76. The Labute approximate surface area is 146 Å². The Morgan fingerprint density at radius 2 is 1.88 bits per heavy atom. The van der Waals surface area contributed by atoms with Gasteiger partial charge >= 0.3 is 5.97 Å². The predicted molar refractivity (Wildman–Crippen MR) is 95.4 cm³/mol. The summed E-state index contributed by atoms with van der Waals surface area (Å²) in [5.41, 5.74) is 2.14. The third kappa shape index (κ3) is 5.70. The second kappa shape index (κ2) is 9.08. The summed E-state index contributed by atoms with van der Waals surface area (Å²) in [5.74, 6) is -0.438. The molecule has 24 heavy (non-hydrogen) atoms. The van der Waals surface area contributed by atoms with Gasteiger partial charge in [-0.05, 0) is 54.8 Å². The van der Waals surface area contributed by atoms with Crippen molar-refractivity contribution in [1.29, 1.82) is 0 Å². The molecule has 0 saturated heterocycles. The zero-order valence-electron chi connectivity index (χ0n) is 13.5. The van der Waals surface area contributed by atoms with E-state index in [0.29, 0.717) is 35.7 Å². The number of nitrogens with one attached hydrogen (secondary N) is 1. The second-order valence-corrected chi connectivity index (χ2v) is 5.83. The lowest BCUT2D eigenvalue weighted by atomic mass is 10.1. The molecule has 4 nitrogen and oxygen atoms in total. The fourth-order valence-electron chi connectivity index (χ4n) is 2.14. The van der Waals surface area contributed by atoms with Gasteiger partial charge in [0.15, 0.2) is 0 Å². The van der Waals surface area contributed by atoms with Gasteiger partial charge in [0.1, 0.15) is 0 Å². The average molecular weight is 346 g/mol. The zero-order chi connectivity index (χ0) is 17.4. The van der Waals surface area contributed by atoms with Crippen molar-refractivity contribution < 1.29 is 14.3 Å². The summed E-state index contributed by atoms with van der Waals surface area (Å²) in [6.45, 7) is 2.34. The van der Waals surface area contributed by atoms with Crippen LogP contribution < -0.4 is 5.32 Å². The number of rotatable bonds is 7. The molecule has 0 unspecified atom stereocenters. The minimum Gasteiger partial charge on any atom is -0.462 e. The number of benzene rings is 2. The van der Waals surface area contributed by atoms with Gasteiger partial charge in [-0.3, -0.25) is 4.79 Å². The number of halogens is 1. The summed E-state index contributed by atoms with van der Waals surface area (Å²) >= 11 is 5.92. The lowest BCUT2D eigenvalue weighted by Crippen LogP contribution is -2.12. The van der Waals surface area contributed by atoms with E-state index in [1.165, 1.54) is 0 Å². The quantitative estimate of drug-likeness (QED) is 0.753. The molecule has 0 saturated carbocycles. The molecule has 0 atom stereocenters. The number of hydrogen-bond donors (Lipinski definition) is 1. The fraction of sp³-hybridized carbons (Fsp3) is 0.263. The van der Waals surface area contributed by atoms with E-state index >= 15 is 0 Å². The van der Waals surface area contributed by atoms with Crippen LogP contribution in [0.2, 0.25) is 5.02 Å². The van der Waals surface area contributed by atoms with Crippen LogP contribution in [0.1, 0.15) is 35.7 Å². The van der Waals surface area contributed by atoms with Gasteiger partial charge in [-0.2, -0.15) is 0 Å². The van der Waals surface area contributed by atoms with Gasteiger partial charge in [0.05, 0.1) is 12.2 Å². The highest BCUT2D eigenvalue weighted by atomic mass is 35.5. The van der Waals surface area contributed by atoms with E-state index in [1.54, 1.807) is 30.3 Å². The molecule has 0 fully saturated rings. The Bertz CT molecular complexity index is 698. The lowest BCUT2D eigenvalue weighted by Gasteiger charge is -2.07. The molecule has 1 N–H and O–H groups in total. The molecular weight excluding hydrogens is 326 g/mol. The zero-order valence-corrected chi connectivity index (χ0v) is 14.3. The Hall–Kier alpha value is -2.33. The molecule has 1 amide bonds. The molecule has 5 heteroatoms. The van der Waals surface area contributed by atoms with Crippen molar-refractivity contribution in [3.05, 3.63) is 64.7 Å². The van der Waals surface area contributed by atoms with Crippen molar-refractivity contribution in [1.82, 2.24) is 0 Å². The maximum atomic E-state index is 12.0. The van der Waals surface area contributed by atoms with Crippen molar-refractivity contribution in [2.24, 2.45) is 0 Å². The molecule has 2 rings (SSSR count). The van der Waals surface area contributed by atoms with E-state index in [4.69, 9.17) is 16.3 Å². The third-order valence-corrected chi connectivity index (χ3v) is 3.61. The van der Waals surface area contributed by atoms with Crippen molar-refractivity contribution in [2.75, 3.05) is 11.9 Å². The molecular formula is C19H20ClNO3. The predicted octanol–water partition coefficient (Wildman–Crippen LogP) is 4.48. The molecule has 0 aliphatic carbocycles. The van der Waals surface area contributed by atoms with Crippen molar-refractivity contribution in [3.8, 4) is 0 Å². The van der Waals surface area contributed by atoms with Gasteiger partial charge in [-0.25, -0.2) is 4.79 Å². The molecule has 0 aliphatic heterocycles. The molecule has 0 aliphatic rings. The number of amides is 1. The summed E-state index contributed by atoms with van der Waals surface area (Å²) < 4.78 is 5.06. The highest BCUT2D eigenvalue weighted by molar-refractivity contribution is 6.30. The van der Waals surface area contributed by atoms with E-state index in [0.717, 1.165) is 12.0 Å². The van der Waals surface area contributed by atoms with Crippen molar-refractivity contribution in [2.45, 2.75) is 26.2 Å². The maximum Gasteiger partial charge on any atom is 0.338 e. The normalized spacial score (nSPS) is 10.2. The first-order valence-electron chi connectivity index (χ1n) is 7.90. The van der Waals surface area contributed by atoms with Gasteiger partial charge in [0.2, 0.25) is 5.91 Å². The fourth-order valence-corrected chi connectivity index (χ4v) is 2.35. The van der Waals surface area contributed by atoms with E-state index in [9.17, 15) is 9.59 Å². The minimum absolute atomic E-state index is 0.0868. The van der Waals surface area contributed by atoms with E-state index < -0.39 is 0 Å². The van der Waals surface area contributed by atoms with Gasteiger partial charge in [0.25, 0.3) is 0 Å². The molecule has 0 spiro atoms. The maximum absolute atomic E-state index is 12.0. The number of carbonyl (C=O) groups is 2. The first-order valence-corrected chi connectivity index (χ1v) is 8.27. The van der Waals surface area contributed by atoms with Crippen LogP contribution in [0.25, 0.3) is 0 Å². The van der Waals surface area contributed by atoms with Crippen LogP contribution in [0.15, 0.2) is 48.5 Å². The molecule has 0 bridgehead atoms. The lowest BCUT2D eigenvalue weighted by molar-refractivity contribution is -0.116. The summed E-state index contributed by atoms with van der Waals surface area (Å²) in [4.78, 5) is 23.7. The van der Waals surface area contributed by atoms with Crippen LogP contribution in [-0.4, -0.2) is 18.5 Å². The van der Waals surface area contributed by atoms with Crippen LogP contribution in [0, 0.1) is 0 Å². The third-order valence-electron chi connectivity index (χ3n) is 3.37. The Kier molecular flexibility index (Phi) is 6.82. The van der Waals surface area contributed by atoms with Gasteiger partial charge in [-0.1, -0.05) is 30.7 Å². The van der Waals surface area contributed by atoms with Crippen LogP contribution >= 0.6 is 11.6 Å². The SMILES string of the molecule is CCCOC(=O)c1ccc(NC(=O)CCc2cccc(Cl)c2)cc1. The standard InChI is InChI=1S/C19H20ClNO3/c1-2-12-24-19(23)15-7-9-17(10-8-15)21-18(22)11-6-14-4-3-5-16(20)13-14/h3-5,7-10,13H,2,6,11-12H2,1H3,(H,21,22). The smallest absolute Gasteiger partial charge is 0.338 e. The molecule has 126 valence electrons. The number of anilines is 1. The Morgan fingerprint density at radius 1 is 1.12 bits per heavy atom. The van der Waals surface area contributed by atoms with Crippen LogP contribution in [-0.2, 0) is 16.0 Å². The first kappa shape index (κ1) is 18.0. The van der Waals surface area contributed by atoms with Crippen LogP contribution in [0.3, 0.4) is 0 Å². The highest BCUT2D eigenvalue weighted by Gasteiger charge is 2.08. The largest absolute Gasteiger partial charge is 0.462 e. The number of hydrogen-bond acceptors (Lipinski definition) is 3. The molecule has 2 aromatic rings. The van der Waals surface area contributed by atoms with Crippen LogP contribution in [0.4, 0.5) is 5.69 Å². The number of ether oxygens (including phenoxy) is 1. The topological polar surface area (TPSA) is 55.4 Å². The summed E-state index contributed by atoms with van der Waals surface area (Å²) in [5, 5.41) is 3.48. The van der Waals surface area contributed by atoms with Crippen molar-refractivity contribution >= 4 is 29.2 Å². The Morgan fingerprint density at radius 3 is 2.54 bits per heavy atom. The van der Waals surface area contributed by atoms with Gasteiger partial charge in [0, 0.05) is 17.1 Å². The van der Waals surface area contributed by atoms with E-state index in [2.05, 4.69) is 5.32 Å².